The van der Waals surface area contributed by atoms with E-state index in [0.717, 1.165) is 18.5 Å². The van der Waals surface area contributed by atoms with E-state index in [1.807, 2.05) is 6.92 Å². The van der Waals surface area contributed by atoms with Gasteiger partial charge in [-0.2, -0.15) is 0 Å². The van der Waals surface area contributed by atoms with Crippen molar-refractivity contribution in [2.45, 2.75) is 32.7 Å². The van der Waals surface area contributed by atoms with Crippen molar-refractivity contribution in [1.82, 2.24) is 4.57 Å². The lowest BCUT2D eigenvalue weighted by atomic mass is 10.1. The number of pyridine rings is 1. The summed E-state index contributed by atoms with van der Waals surface area (Å²) in [6.45, 7) is 3.42. The first kappa shape index (κ1) is 19.4. The number of halogens is 2. The van der Waals surface area contributed by atoms with Crippen molar-refractivity contribution >= 4 is 33.6 Å². The molecule has 1 aliphatic carbocycles. The zero-order valence-corrected chi connectivity index (χ0v) is 16.9. The lowest BCUT2D eigenvalue weighted by Crippen LogP contribution is -2.28. The summed E-state index contributed by atoms with van der Waals surface area (Å²) in [6.07, 6.45) is 2.48. The molecule has 27 heavy (non-hydrogen) atoms. The highest BCUT2D eigenvalue weighted by Gasteiger charge is 2.31. The van der Waals surface area contributed by atoms with Gasteiger partial charge in [0.15, 0.2) is 0 Å². The average Bonchev–Trinajstić information content (AvgIpc) is 3.49. The molecule has 0 saturated heterocycles. The highest BCUT2D eigenvalue weighted by Crippen LogP contribution is 2.40. The van der Waals surface area contributed by atoms with Crippen LogP contribution in [0.4, 0.5) is 10.1 Å². The predicted molar refractivity (Wildman–Crippen MR) is 107 cm³/mol. The highest BCUT2D eigenvalue weighted by atomic mass is 79.9. The molecule has 142 valence electrons. The van der Waals surface area contributed by atoms with Gasteiger partial charge >= 0.3 is 0 Å². The van der Waals surface area contributed by atoms with Crippen molar-refractivity contribution in [2.75, 3.05) is 12.4 Å². The lowest BCUT2D eigenvalue weighted by molar-refractivity contribution is -0.104. The van der Waals surface area contributed by atoms with Gasteiger partial charge in [0.2, 0.25) is 0 Å². The Kier molecular flexibility index (Phi) is 5.51. The number of aldehydes is 1. The molecule has 0 atom stereocenters. The summed E-state index contributed by atoms with van der Waals surface area (Å²) in [5.41, 5.74) is 1.37. The first-order chi connectivity index (χ1) is 12.9. The molecule has 2 aromatic rings. The molecule has 0 aliphatic heterocycles. The Morgan fingerprint density at radius 2 is 2.04 bits per heavy atom. The number of rotatable bonds is 6. The smallest absolute Gasteiger partial charge is 0.264 e. The van der Waals surface area contributed by atoms with Gasteiger partial charge in [0.25, 0.3) is 5.56 Å². The quantitative estimate of drug-likeness (QED) is 0.538. The third-order valence-corrected chi connectivity index (χ3v) is 5.54. The maximum Gasteiger partial charge on any atom is 0.264 e. The molecule has 1 aromatic carbocycles. The SMILES string of the molecule is COc1c(Br)c(C)n(C2CC2)c(=O)c1/C(Nc1ccccc1F)=C(/C)C=O. The second kappa shape index (κ2) is 7.68. The van der Waals surface area contributed by atoms with Gasteiger partial charge in [-0.15, -0.1) is 0 Å². The molecule has 5 nitrogen and oxygen atoms in total. The molecule has 1 heterocycles. The van der Waals surface area contributed by atoms with Crippen LogP contribution in [0.25, 0.3) is 5.70 Å². The van der Waals surface area contributed by atoms with Crippen LogP contribution in [0.2, 0.25) is 0 Å². The minimum Gasteiger partial charge on any atom is -0.495 e. The minimum atomic E-state index is -0.485. The van der Waals surface area contributed by atoms with E-state index in [0.29, 0.717) is 16.5 Å². The number of anilines is 1. The molecule has 0 amide bonds. The molecule has 1 aromatic heterocycles. The Morgan fingerprint density at radius 1 is 1.37 bits per heavy atom. The van der Waals surface area contributed by atoms with Crippen molar-refractivity contribution in [1.29, 1.82) is 0 Å². The third kappa shape index (κ3) is 3.56. The van der Waals surface area contributed by atoms with Crippen LogP contribution in [-0.2, 0) is 4.79 Å². The van der Waals surface area contributed by atoms with Gasteiger partial charge in [0.05, 0.1) is 23.0 Å². The maximum atomic E-state index is 14.2. The molecule has 1 aliphatic rings. The van der Waals surface area contributed by atoms with Crippen LogP contribution in [0.1, 0.15) is 37.1 Å². The van der Waals surface area contributed by atoms with E-state index in [1.165, 1.54) is 13.2 Å². The number of carbonyl (C=O) groups excluding carboxylic acids is 1. The topological polar surface area (TPSA) is 60.3 Å². The van der Waals surface area contributed by atoms with Crippen LogP contribution in [0.5, 0.6) is 5.75 Å². The molecule has 3 rings (SSSR count). The maximum absolute atomic E-state index is 14.2. The Hall–Kier alpha value is -2.41. The van der Waals surface area contributed by atoms with E-state index in [2.05, 4.69) is 21.2 Å². The normalized spacial score (nSPS) is 14.6. The van der Waals surface area contributed by atoms with Crippen molar-refractivity contribution in [3.8, 4) is 5.75 Å². The number of nitrogens with zero attached hydrogens (tertiary/aromatic N) is 1. The summed E-state index contributed by atoms with van der Waals surface area (Å²) in [4.78, 5) is 24.9. The van der Waals surface area contributed by atoms with Crippen LogP contribution in [0.3, 0.4) is 0 Å². The Bertz CT molecular complexity index is 993. The first-order valence-electron chi connectivity index (χ1n) is 8.57. The monoisotopic (exact) mass is 434 g/mol. The summed E-state index contributed by atoms with van der Waals surface area (Å²) < 4.78 is 22.0. The number of ether oxygens (including phenoxy) is 1. The number of benzene rings is 1. The molecular weight excluding hydrogens is 415 g/mol. The molecule has 1 N–H and O–H groups in total. The number of carbonyl (C=O) groups is 1. The van der Waals surface area contributed by atoms with Gasteiger partial charge in [-0.3, -0.25) is 9.59 Å². The second-order valence-corrected chi connectivity index (χ2v) is 7.29. The first-order valence-corrected chi connectivity index (χ1v) is 9.36. The van der Waals surface area contributed by atoms with Crippen molar-refractivity contribution in [3.63, 3.8) is 0 Å². The van der Waals surface area contributed by atoms with E-state index < -0.39 is 5.82 Å². The molecule has 0 spiro atoms. The fourth-order valence-electron chi connectivity index (χ4n) is 3.05. The number of para-hydroxylation sites is 1. The minimum absolute atomic E-state index is 0.129. The molecule has 1 saturated carbocycles. The van der Waals surface area contributed by atoms with E-state index >= 15 is 0 Å². The molecule has 0 radical (unpaired) electrons. The number of hydrogen-bond acceptors (Lipinski definition) is 4. The van der Waals surface area contributed by atoms with E-state index in [9.17, 15) is 14.0 Å². The molecular formula is C20H20BrFN2O3. The van der Waals surface area contributed by atoms with Crippen molar-refractivity contribution in [2.24, 2.45) is 0 Å². The number of aromatic nitrogens is 1. The summed E-state index contributed by atoms with van der Waals surface area (Å²) in [7, 11) is 1.46. The van der Waals surface area contributed by atoms with Gasteiger partial charge in [-0.25, -0.2) is 4.39 Å². The fourth-order valence-corrected chi connectivity index (χ4v) is 3.60. The number of methoxy groups -OCH3 is 1. The Morgan fingerprint density at radius 3 is 2.59 bits per heavy atom. The zero-order chi connectivity index (χ0) is 19.7. The number of hydrogen-bond donors (Lipinski definition) is 1. The van der Waals surface area contributed by atoms with E-state index in [4.69, 9.17) is 4.74 Å². The Balaban J connectivity index is 2.29. The standard InChI is InChI=1S/C20H20BrFN2O3/c1-11(10-25)18(23-15-7-5-4-6-14(15)22)16-19(27-3)17(21)12(2)24(20(16)26)13-8-9-13/h4-7,10,13,23H,8-9H2,1-3H3/b18-11+. The number of nitrogens with one attached hydrogen (secondary N) is 1. The Labute approximate surface area is 165 Å². The van der Waals surface area contributed by atoms with Crippen molar-refractivity contribution in [3.05, 3.63) is 61.7 Å². The molecule has 1 fully saturated rings. The largest absolute Gasteiger partial charge is 0.495 e. The average molecular weight is 435 g/mol. The highest BCUT2D eigenvalue weighted by molar-refractivity contribution is 9.10. The zero-order valence-electron chi connectivity index (χ0n) is 15.3. The summed E-state index contributed by atoms with van der Waals surface area (Å²) in [6, 6.07) is 6.22. The van der Waals surface area contributed by atoms with Crippen LogP contribution in [0.15, 0.2) is 39.1 Å². The van der Waals surface area contributed by atoms with Gasteiger partial charge in [0, 0.05) is 17.3 Å². The lowest BCUT2D eigenvalue weighted by Gasteiger charge is -2.21. The fraction of sp³-hybridized carbons (Fsp3) is 0.300. The van der Waals surface area contributed by atoms with Crippen LogP contribution < -0.4 is 15.6 Å². The van der Waals surface area contributed by atoms with Crippen molar-refractivity contribution < 1.29 is 13.9 Å². The number of allylic oxidation sites excluding steroid dienone is 1. The second-order valence-electron chi connectivity index (χ2n) is 6.49. The van der Waals surface area contributed by atoms with Gasteiger partial charge in [-0.05, 0) is 54.8 Å². The van der Waals surface area contributed by atoms with Gasteiger partial charge in [0.1, 0.15) is 23.4 Å². The predicted octanol–water partition coefficient (Wildman–Crippen LogP) is 4.44. The summed E-state index contributed by atoms with van der Waals surface area (Å²) >= 11 is 3.51. The van der Waals surface area contributed by atoms with Crippen LogP contribution >= 0.6 is 15.9 Å². The summed E-state index contributed by atoms with van der Waals surface area (Å²) in [5, 5.41) is 2.92. The van der Waals surface area contributed by atoms with E-state index in [1.54, 1.807) is 29.7 Å². The third-order valence-electron chi connectivity index (χ3n) is 4.61. The summed E-state index contributed by atoms with van der Waals surface area (Å²) in [5.74, 6) is -0.171. The van der Waals surface area contributed by atoms with Crippen LogP contribution in [-0.4, -0.2) is 18.0 Å². The molecule has 0 unspecified atom stereocenters. The van der Waals surface area contributed by atoms with Gasteiger partial charge in [-0.1, -0.05) is 12.1 Å². The van der Waals surface area contributed by atoms with Gasteiger partial charge < -0.3 is 14.6 Å². The van der Waals surface area contributed by atoms with E-state index in [-0.39, 0.29) is 34.1 Å². The van der Waals surface area contributed by atoms with Crippen LogP contribution in [0, 0.1) is 12.7 Å². The molecule has 0 bridgehead atoms. The molecule has 7 heteroatoms.